The number of benzene rings is 2. The number of hydrogen-bond acceptors (Lipinski definition) is 8. The van der Waals surface area contributed by atoms with Crippen LogP contribution >= 0.6 is 22.9 Å². The molecule has 5 rings (SSSR count). The number of ether oxygens (including phenoxy) is 2. The molecule has 0 spiro atoms. The summed E-state index contributed by atoms with van der Waals surface area (Å²) in [6.45, 7) is 4.69. The summed E-state index contributed by atoms with van der Waals surface area (Å²) < 4.78 is 12.7. The highest BCUT2D eigenvalue weighted by Gasteiger charge is 2.25. The largest absolute Gasteiger partial charge is 0.494 e. The first kappa shape index (κ1) is 25.8. The molecule has 0 bridgehead atoms. The van der Waals surface area contributed by atoms with Gasteiger partial charge in [0.05, 0.1) is 18.9 Å². The predicted octanol–water partition coefficient (Wildman–Crippen LogP) is 5.40. The first-order chi connectivity index (χ1) is 18.5. The van der Waals surface area contributed by atoms with E-state index in [0.29, 0.717) is 23.9 Å². The fourth-order valence-corrected chi connectivity index (χ4v) is 5.73. The number of carbonyl (C=O) groups is 2. The molecule has 2 aromatic carbocycles. The molecular formula is C28H25ClN4O4S. The number of hydrogen-bond donors (Lipinski definition) is 0. The lowest BCUT2D eigenvalue weighted by Crippen LogP contribution is -2.17. The average molecular weight is 549 g/mol. The molecule has 0 fully saturated rings. The molecule has 8 nitrogen and oxygen atoms in total. The maximum absolute atomic E-state index is 12.0. The molecule has 1 aliphatic heterocycles. The minimum absolute atomic E-state index is 0.160. The third-order valence-corrected chi connectivity index (χ3v) is 7.54. The molecule has 0 N–H and O–H groups in total. The molecule has 0 amide bonds. The number of thiophene rings is 1. The molecule has 10 heteroatoms. The lowest BCUT2D eigenvalue weighted by molar-refractivity contribution is -0.137. The monoisotopic (exact) mass is 548 g/mol. The molecule has 4 aromatic rings. The van der Waals surface area contributed by atoms with Crippen LogP contribution in [0, 0.1) is 6.92 Å². The molecular weight excluding hydrogens is 524 g/mol. The molecule has 0 saturated carbocycles. The zero-order valence-corrected chi connectivity index (χ0v) is 22.5. The zero-order valence-electron chi connectivity index (χ0n) is 20.9. The fourth-order valence-electron chi connectivity index (χ4n) is 4.23. The number of aromatic nitrogens is 3. The van der Waals surface area contributed by atoms with Crippen molar-refractivity contribution in [2.45, 2.75) is 33.2 Å². The number of esters is 1. The number of rotatable bonds is 9. The van der Waals surface area contributed by atoms with Gasteiger partial charge in [0.25, 0.3) is 5.78 Å². The van der Waals surface area contributed by atoms with Crippen molar-refractivity contribution < 1.29 is 19.1 Å². The van der Waals surface area contributed by atoms with E-state index < -0.39 is 11.8 Å². The van der Waals surface area contributed by atoms with Gasteiger partial charge in [-0.15, -0.1) is 21.5 Å². The summed E-state index contributed by atoms with van der Waals surface area (Å²) in [5, 5.41) is 10.3. The number of halogens is 1. The van der Waals surface area contributed by atoms with Crippen molar-refractivity contribution >= 4 is 40.4 Å². The van der Waals surface area contributed by atoms with E-state index in [2.05, 4.69) is 20.8 Å². The highest BCUT2D eigenvalue weighted by molar-refractivity contribution is 7.15. The van der Waals surface area contributed by atoms with Gasteiger partial charge in [-0.2, -0.15) is 0 Å². The summed E-state index contributed by atoms with van der Waals surface area (Å²) in [6.07, 6.45) is 1.60. The van der Waals surface area contributed by atoms with Gasteiger partial charge in [0.1, 0.15) is 23.1 Å². The number of ketones is 1. The minimum Gasteiger partial charge on any atom is -0.494 e. The van der Waals surface area contributed by atoms with Crippen LogP contribution in [0.5, 0.6) is 5.75 Å². The average Bonchev–Trinajstić information content (AvgIpc) is 3.46. The van der Waals surface area contributed by atoms with Gasteiger partial charge in [0, 0.05) is 26.6 Å². The van der Waals surface area contributed by atoms with E-state index in [1.165, 1.54) is 4.88 Å². The van der Waals surface area contributed by atoms with Crippen LogP contribution in [0.2, 0.25) is 5.02 Å². The van der Waals surface area contributed by atoms with Crippen LogP contribution in [0.15, 0.2) is 59.6 Å². The van der Waals surface area contributed by atoms with E-state index in [0.717, 1.165) is 46.3 Å². The SMILES string of the molecule is CCOC(=O)C(=O)c1ccc(OCCCc2cc3c(s2)-n2c(C)nnc2CN=C3c2ccccc2Cl)cc1. The summed E-state index contributed by atoms with van der Waals surface area (Å²) >= 11 is 8.24. The fraction of sp³-hybridized carbons (Fsp3) is 0.250. The molecule has 38 heavy (non-hydrogen) atoms. The van der Waals surface area contributed by atoms with Gasteiger partial charge in [0.15, 0.2) is 5.82 Å². The van der Waals surface area contributed by atoms with Gasteiger partial charge in [-0.25, -0.2) is 4.79 Å². The number of Topliss-reactive ketones (excluding diaryl/α,β-unsaturated/α-hetero) is 1. The molecule has 0 atom stereocenters. The third kappa shape index (κ3) is 5.25. The highest BCUT2D eigenvalue weighted by Crippen LogP contribution is 2.35. The first-order valence-electron chi connectivity index (χ1n) is 12.2. The highest BCUT2D eigenvalue weighted by atomic mass is 35.5. The van der Waals surface area contributed by atoms with Crippen LogP contribution < -0.4 is 4.74 Å². The lowest BCUT2D eigenvalue weighted by atomic mass is 10.0. The van der Waals surface area contributed by atoms with Crippen LogP contribution in [-0.2, 0) is 22.5 Å². The Morgan fingerprint density at radius 3 is 2.63 bits per heavy atom. The molecule has 0 saturated heterocycles. The van der Waals surface area contributed by atoms with Crippen molar-refractivity contribution in [2.75, 3.05) is 13.2 Å². The number of fused-ring (bicyclic) bond motifs is 3. The molecule has 3 heterocycles. The van der Waals surface area contributed by atoms with Gasteiger partial charge < -0.3 is 9.47 Å². The maximum Gasteiger partial charge on any atom is 0.379 e. The van der Waals surface area contributed by atoms with Gasteiger partial charge in [0.2, 0.25) is 0 Å². The Labute approximate surface area is 228 Å². The van der Waals surface area contributed by atoms with Gasteiger partial charge in [-0.3, -0.25) is 14.4 Å². The van der Waals surface area contributed by atoms with E-state index in [4.69, 9.17) is 26.1 Å². The number of aliphatic imine (C=N–C) groups is 1. The molecule has 0 aliphatic carbocycles. The predicted molar refractivity (Wildman–Crippen MR) is 146 cm³/mol. The Bertz CT molecular complexity index is 1520. The van der Waals surface area contributed by atoms with Crippen molar-refractivity contribution in [2.24, 2.45) is 4.99 Å². The van der Waals surface area contributed by atoms with Crippen LogP contribution in [0.3, 0.4) is 0 Å². The molecule has 0 unspecified atom stereocenters. The topological polar surface area (TPSA) is 95.7 Å². The second kappa shape index (κ2) is 11.3. The summed E-state index contributed by atoms with van der Waals surface area (Å²) in [5.74, 6) is 0.727. The second-order valence-electron chi connectivity index (χ2n) is 8.60. The quantitative estimate of drug-likeness (QED) is 0.120. The zero-order chi connectivity index (χ0) is 26.6. The molecule has 0 radical (unpaired) electrons. The van der Waals surface area contributed by atoms with E-state index in [-0.39, 0.29) is 12.2 Å². The van der Waals surface area contributed by atoms with E-state index in [9.17, 15) is 9.59 Å². The Morgan fingerprint density at radius 1 is 1.08 bits per heavy atom. The number of aryl methyl sites for hydroxylation is 2. The lowest BCUT2D eigenvalue weighted by Gasteiger charge is -2.08. The smallest absolute Gasteiger partial charge is 0.379 e. The Balaban J connectivity index is 1.28. The van der Waals surface area contributed by atoms with Crippen LogP contribution in [0.1, 0.15) is 51.4 Å². The number of nitrogens with zero attached hydrogens (tertiary/aromatic N) is 4. The third-order valence-electron chi connectivity index (χ3n) is 6.03. The molecule has 2 aromatic heterocycles. The van der Waals surface area contributed by atoms with Crippen molar-refractivity contribution in [3.63, 3.8) is 0 Å². The van der Waals surface area contributed by atoms with Crippen molar-refractivity contribution in [3.8, 4) is 10.8 Å². The standard InChI is InChI=1S/C28H25ClN4O4S/c1-3-36-28(35)26(34)18-10-12-19(13-11-18)37-14-6-7-20-15-22-25(21-8-4-5-9-23(21)29)30-16-24-32-31-17(2)33(24)27(22)38-20/h4-5,8-13,15H,3,6-7,14,16H2,1-2H3. The normalized spacial score (nSPS) is 12.2. The van der Waals surface area contributed by atoms with Crippen molar-refractivity contribution in [1.29, 1.82) is 0 Å². The summed E-state index contributed by atoms with van der Waals surface area (Å²) in [4.78, 5) is 29.7. The molecule has 194 valence electrons. The van der Waals surface area contributed by atoms with Crippen molar-refractivity contribution in [1.82, 2.24) is 14.8 Å². The summed E-state index contributed by atoms with van der Waals surface area (Å²) in [6, 6.07) is 16.4. The van der Waals surface area contributed by atoms with Gasteiger partial charge in [-0.05, 0) is 63.1 Å². The van der Waals surface area contributed by atoms with E-state index in [1.54, 1.807) is 42.5 Å². The van der Waals surface area contributed by atoms with Gasteiger partial charge >= 0.3 is 5.97 Å². The first-order valence-corrected chi connectivity index (χ1v) is 13.4. The van der Waals surface area contributed by atoms with Gasteiger partial charge in [-0.1, -0.05) is 29.8 Å². The summed E-state index contributed by atoms with van der Waals surface area (Å²) in [5.41, 5.74) is 3.04. The van der Waals surface area contributed by atoms with Crippen LogP contribution in [-0.4, -0.2) is 45.4 Å². The minimum atomic E-state index is -0.855. The Kier molecular flexibility index (Phi) is 7.67. The van der Waals surface area contributed by atoms with Crippen LogP contribution in [0.4, 0.5) is 0 Å². The number of carbonyl (C=O) groups excluding carboxylic acids is 2. The Hall–Kier alpha value is -3.82. The summed E-state index contributed by atoms with van der Waals surface area (Å²) in [7, 11) is 0. The van der Waals surface area contributed by atoms with E-state index in [1.807, 2.05) is 31.2 Å². The molecule has 1 aliphatic rings. The second-order valence-corrected chi connectivity index (χ2v) is 10.1. The van der Waals surface area contributed by atoms with E-state index >= 15 is 0 Å². The maximum atomic E-state index is 12.0. The van der Waals surface area contributed by atoms with Crippen molar-refractivity contribution in [3.05, 3.63) is 92.8 Å². The van der Waals surface area contributed by atoms with Crippen LogP contribution in [0.25, 0.3) is 5.00 Å². The Morgan fingerprint density at radius 2 is 1.87 bits per heavy atom.